The van der Waals surface area contributed by atoms with Crippen LogP contribution in [0.25, 0.3) is 5.57 Å². The number of benzene rings is 2. The van der Waals surface area contributed by atoms with E-state index in [1.807, 2.05) is 6.07 Å². The predicted molar refractivity (Wildman–Crippen MR) is 80.3 cm³/mol. The van der Waals surface area contributed by atoms with Gasteiger partial charge in [-0.1, -0.05) is 42.2 Å². The molecule has 0 unspecified atom stereocenters. The average Bonchev–Trinajstić information content (AvgIpc) is 2.51. The Labute approximate surface area is 127 Å². The molecule has 0 radical (unpaired) electrons. The summed E-state index contributed by atoms with van der Waals surface area (Å²) < 4.78 is 43.1. The van der Waals surface area contributed by atoms with Crippen molar-refractivity contribution in [3.05, 3.63) is 71.8 Å². The summed E-state index contributed by atoms with van der Waals surface area (Å²) in [5, 5.41) is 0. The Kier molecular flexibility index (Phi) is 4.90. The molecule has 2 rings (SSSR count). The van der Waals surface area contributed by atoms with Crippen molar-refractivity contribution >= 4 is 5.57 Å². The molecule has 2 aromatic rings. The normalized spacial score (nSPS) is 11.5. The predicted octanol–water partition coefficient (Wildman–Crippen LogP) is 4.69. The molecular formula is C18H13F3O. The van der Waals surface area contributed by atoms with Gasteiger partial charge in [0.1, 0.15) is 5.75 Å². The zero-order chi connectivity index (χ0) is 16.0. The number of hydrogen-bond acceptors (Lipinski definition) is 1. The van der Waals surface area contributed by atoms with E-state index in [9.17, 15) is 13.2 Å². The Morgan fingerprint density at radius 2 is 1.64 bits per heavy atom. The van der Waals surface area contributed by atoms with E-state index >= 15 is 0 Å². The number of methoxy groups -OCH3 is 1. The van der Waals surface area contributed by atoms with Crippen molar-refractivity contribution in [3.63, 3.8) is 0 Å². The fraction of sp³-hybridized carbons (Fsp3) is 0.111. The third-order valence-corrected chi connectivity index (χ3v) is 2.82. The minimum atomic E-state index is -4.43. The maximum atomic E-state index is 12.7. The van der Waals surface area contributed by atoms with E-state index in [-0.39, 0.29) is 11.6 Å². The van der Waals surface area contributed by atoms with Gasteiger partial charge in [-0.3, -0.25) is 0 Å². The van der Waals surface area contributed by atoms with Gasteiger partial charge in [-0.2, -0.15) is 13.2 Å². The van der Waals surface area contributed by atoms with E-state index < -0.39 is 6.18 Å². The highest BCUT2D eigenvalue weighted by Crippen LogP contribution is 2.25. The zero-order valence-corrected chi connectivity index (χ0v) is 11.8. The van der Waals surface area contributed by atoms with Gasteiger partial charge in [0.2, 0.25) is 0 Å². The highest BCUT2D eigenvalue weighted by Gasteiger charge is 2.24. The Morgan fingerprint density at radius 3 is 2.18 bits per heavy atom. The molecule has 4 heteroatoms. The molecule has 0 aromatic heterocycles. The van der Waals surface area contributed by atoms with Crippen molar-refractivity contribution in [1.82, 2.24) is 0 Å². The summed E-state index contributed by atoms with van der Waals surface area (Å²) in [6.45, 7) is 0. The molecule has 0 atom stereocenters. The van der Waals surface area contributed by atoms with Crippen LogP contribution in [0.15, 0.2) is 60.7 Å². The number of hydrogen-bond donors (Lipinski definition) is 0. The molecule has 0 aliphatic carbocycles. The first-order chi connectivity index (χ1) is 10.5. The van der Waals surface area contributed by atoms with Crippen molar-refractivity contribution in [1.29, 1.82) is 0 Å². The lowest BCUT2D eigenvalue weighted by molar-refractivity contribution is -0.0792. The van der Waals surface area contributed by atoms with Crippen LogP contribution >= 0.6 is 0 Å². The van der Waals surface area contributed by atoms with Crippen molar-refractivity contribution in [2.45, 2.75) is 6.18 Å². The maximum absolute atomic E-state index is 12.7. The maximum Gasteiger partial charge on any atom is 0.410 e. The molecule has 0 amide bonds. The second-order valence-electron chi connectivity index (χ2n) is 4.44. The summed E-state index contributed by atoms with van der Waals surface area (Å²) in [4.78, 5) is 0. The fourth-order valence-corrected chi connectivity index (χ4v) is 1.79. The summed E-state index contributed by atoms with van der Waals surface area (Å²) in [6, 6.07) is 15.2. The number of rotatable bonds is 2. The first-order valence-corrected chi connectivity index (χ1v) is 6.49. The molecule has 1 nitrogen and oxygen atoms in total. The van der Waals surface area contributed by atoms with Crippen LogP contribution < -0.4 is 4.74 Å². The first kappa shape index (κ1) is 15.7. The van der Waals surface area contributed by atoms with Crippen LogP contribution in [-0.2, 0) is 0 Å². The number of halogens is 3. The number of allylic oxidation sites excluding steroid dienone is 2. The van der Waals surface area contributed by atoms with E-state index in [2.05, 4.69) is 11.8 Å². The molecule has 0 heterocycles. The lowest BCUT2D eigenvalue weighted by Crippen LogP contribution is -2.02. The van der Waals surface area contributed by atoms with Crippen molar-refractivity contribution in [3.8, 4) is 17.6 Å². The molecule has 0 saturated heterocycles. The summed E-state index contributed by atoms with van der Waals surface area (Å²) in [5.74, 6) is 5.92. The number of ether oxygens (including phenoxy) is 1. The third kappa shape index (κ3) is 4.71. The van der Waals surface area contributed by atoms with E-state index in [0.717, 1.165) is 0 Å². The van der Waals surface area contributed by atoms with Gasteiger partial charge in [0.05, 0.1) is 7.11 Å². The van der Waals surface area contributed by atoms with Gasteiger partial charge < -0.3 is 4.74 Å². The Bertz CT molecular complexity index is 702. The van der Waals surface area contributed by atoms with E-state index in [1.54, 1.807) is 48.5 Å². The smallest absolute Gasteiger partial charge is 0.410 e. The van der Waals surface area contributed by atoms with E-state index in [4.69, 9.17) is 4.74 Å². The van der Waals surface area contributed by atoms with Crippen molar-refractivity contribution in [2.75, 3.05) is 7.11 Å². The quantitative estimate of drug-likeness (QED) is 0.731. The largest absolute Gasteiger partial charge is 0.497 e. The molecule has 0 fully saturated rings. The monoisotopic (exact) mass is 302 g/mol. The Hall–Kier alpha value is -2.67. The van der Waals surface area contributed by atoms with Gasteiger partial charge in [0, 0.05) is 17.2 Å². The Morgan fingerprint density at radius 1 is 1.00 bits per heavy atom. The van der Waals surface area contributed by atoms with Gasteiger partial charge in [-0.25, -0.2) is 0 Å². The minimum Gasteiger partial charge on any atom is -0.497 e. The minimum absolute atomic E-state index is 0.0843. The van der Waals surface area contributed by atoms with Gasteiger partial charge in [0.15, 0.2) is 0 Å². The van der Waals surface area contributed by atoms with E-state index in [0.29, 0.717) is 16.9 Å². The van der Waals surface area contributed by atoms with Crippen LogP contribution in [0.3, 0.4) is 0 Å². The summed E-state index contributed by atoms with van der Waals surface area (Å²) in [5.41, 5.74) is 0.963. The summed E-state index contributed by atoms with van der Waals surface area (Å²) in [7, 11) is 1.50. The molecule has 0 aliphatic rings. The summed E-state index contributed by atoms with van der Waals surface area (Å²) in [6.07, 6.45) is -4.22. The molecule has 112 valence electrons. The molecule has 0 aliphatic heterocycles. The topological polar surface area (TPSA) is 9.23 Å². The standard InChI is InChI=1S/C18H13F3O/c1-22-17-11-9-15(10-12-17)16(13-18(19,20)21)8-7-14-5-3-2-4-6-14/h2-6,9-13H,1H3/b16-13+. The highest BCUT2D eigenvalue weighted by molar-refractivity contribution is 5.80. The average molecular weight is 302 g/mol. The third-order valence-electron chi connectivity index (χ3n) is 2.82. The van der Waals surface area contributed by atoms with Crippen LogP contribution in [0.1, 0.15) is 11.1 Å². The lowest BCUT2D eigenvalue weighted by atomic mass is 10.0. The molecule has 0 spiro atoms. The molecule has 2 aromatic carbocycles. The molecular weight excluding hydrogens is 289 g/mol. The van der Waals surface area contributed by atoms with Crippen LogP contribution in [0.4, 0.5) is 13.2 Å². The van der Waals surface area contributed by atoms with Gasteiger partial charge in [-0.05, 0) is 29.8 Å². The fourth-order valence-electron chi connectivity index (χ4n) is 1.79. The van der Waals surface area contributed by atoms with Gasteiger partial charge >= 0.3 is 6.18 Å². The van der Waals surface area contributed by atoms with Crippen LogP contribution in [0.5, 0.6) is 5.75 Å². The second kappa shape index (κ2) is 6.86. The Balaban J connectivity index is 2.39. The molecule has 0 bridgehead atoms. The molecule has 0 N–H and O–H groups in total. The van der Waals surface area contributed by atoms with Crippen LogP contribution in [0, 0.1) is 11.8 Å². The SMILES string of the molecule is COc1ccc(/C(C#Cc2ccccc2)=C/C(F)(F)F)cc1. The second-order valence-corrected chi connectivity index (χ2v) is 4.44. The molecule has 22 heavy (non-hydrogen) atoms. The van der Waals surface area contributed by atoms with Gasteiger partial charge in [0.25, 0.3) is 0 Å². The summed E-state index contributed by atoms with van der Waals surface area (Å²) >= 11 is 0. The lowest BCUT2D eigenvalue weighted by Gasteiger charge is -2.05. The zero-order valence-electron chi connectivity index (χ0n) is 11.8. The van der Waals surface area contributed by atoms with Gasteiger partial charge in [-0.15, -0.1) is 0 Å². The van der Waals surface area contributed by atoms with Crippen molar-refractivity contribution in [2.24, 2.45) is 0 Å². The molecule has 0 saturated carbocycles. The van der Waals surface area contributed by atoms with Crippen LogP contribution in [0.2, 0.25) is 0 Å². The van der Waals surface area contributed by atoms with E-state index in [1.165, 1.54) is 7.11 Å². The highest BCUT2D eigenvalue weighted by atomic mass is 19.4. The van der Waals surface area contributed by atoms with Crippen LogP contribution in [-0.4, -0.2) is 13.3 Å². The van der Waals surface area contributed by atoms with Crippen molar-refractivity contribution < 1.29 is 17.9 Å². The first-order valence-electron chi connectivity index (χ1n) is 6.49. The number of alkyl halides is 3.